The topological polar surface area (TPSA) is 87.7 Å². The molecule has 0 bridgehead atoms. The van der Waals surface area contributed by atoms with Gasteiger partial charge in [-0.1, -0.05) is 30.3 Å². The smallest absolute Gasteiger partial charge is 0.259 e. The van der Waals surface area contributed by atoms with Gasteiger partial charge in [-0.25, -0.2) is 0 Å². The summed E-state index contributed by atoms with van der Waals surface area (Å²) in [7, 11) is 1.49. The Bertz CT molecular complexity index is 1030. The SMILES string of the molecule is COc1ccccc1C(=O)Nc1ccc(NC(=O)c2ccccc2C)c(O)c1. The molecule has 0 aliphatic heterocycles. The number of hydrogen-bond donors (Lipinski definition) is 3. The number of aryl methyl sites for hydroxylation is 1. The van der Waals surface area contributed by atoms with Crippen molar-refractivity contribution in [2.75, 3.05) is 17.7 Å². The number of carbonyl (C=O) groups is 2. The predicted octanol–water partition coefficient (Wildman–Crippen LogP) is 4.21. The standard InChI is InChI=1S/C22H20N2O4/c1-14-7-3-4-8-16(14)21(26)24-18-12-11-15(13-19(18)25)23-22(27)17-9-5-6-10-20(17)28-2/h3-13,25H,1-2H3,(H,23,27)(H,24,26). The van der Waals surface area contributed by atoms with E-state index in [-0.39, 0.29) is 23.3 Å². The van der Waals surface area contributed by atoms with Gasteiger partial charge in [0.2, 0.25) is 0 Å². The van der Waals surface area contributed by atoms with Crippen LogP contribution in [0.25, 0.3) is 0 Å². The zero-order valence-corrected chi connectivity index (χ0v) is 15.5. The van der Waals surface area contributed by atoms with Crippen molar-refractivity contribution in [2.45, 2.75) is 6.92 Å². The Kier molecular flexibility index (Phi) is 5.60. The fourth-order valence-electron chi connectivity index (χ4n) is 2.76. The van der Waals surface area contributed by atoms with Crippen LogP contribution in [0.15, 0.2) is 66.7 Å². The molecule has 0 unspecified atom stereocenters. The first-order valence-electron chi connectivity index (χ1n) is 8.64. The van der Waals surface area contributed by atoms with Crippen LogP contribution >= 0.6 is 0 Å². The van der Waals surface area contributed by atoms with E-state index < -0.39 is 0 Å². The largest absolute Gasteiger partial charge is 0.506 e. The van der Waals surface area contributed by atoms with Crippen molar-refractivity contribution in [1.82, 2.24) is 0 Å². The molecule has 0 aliphatic carbocycles. The second kappa shape index (κ2) is 8.26. The number of rotatable bonds is 5. The Labute approximate surface area is 162 Å². The lowest BCUT2D eigenvalue weighted by Crippen LogP contribution is -2.14. The molecule has 2 amide bonds. The van der Waals surface area contributed by atoms with Crippen LogP contribution in [0.3, 0.4) is 0 Å². The van der Waals surface area contributed by atoms with Crippen LogP contribution in [0.4, 0.5) is 11.4 Å². The lowest BCUT2D eigenvalue weighted by Gasteiger charge is -2.12. The minimum absolute atomic E-state index is 0.153. The van der Waals surface area contributed by atoms with Gasteiger partial charge in [0.25, 0.3) is 11.8 Å². The molecule has 0 fully saturated rings. The van der Waals surface area contributed by atoms with Gasteiger partial charge in [-0.15, -0.1) is 0 Å². The van der Waals surface area contributed by atoms with Gasteiger partial charge < -0.3 is 20.5 Å². The lowest BCUT2D eigenvalue weighted by atomic mass is 10.1. The van der Waals surface area contributed by atoms with Crippen molar-refractivity contribution in [1.29, 1.82) is 0 Å². The molecule has 3 rings (SSSR count). The van der Waals surface area contributed by atoms with Crippen molar-refractivity contribution in [2.24, 2.45) is 0 Å². The van der Waals surface area contributed by atoms with Gasteiger partial charge >= 0.3 is 0 Å². The van der Waals surface area contributed by atoms with Gasteiger partial charge in [-0.05, 0) is 42.8 Å². The highest BCUT2D eigenvalue weighted by molar-refractivity contribution is 6.07. The molecule has 0 radical (unpaired) electrons. The minimum atomic E-state index is -0.367. The van der Waals surface area contributed by atoms with Gasteiger partial charge in [0.1, 0.15) is 11.5 Å². The van der Waals surface area contributed by atoms with Crippen molar-refractivity contribution in [3.05, 3.63) is 83.4 Å². The van der Waals surface area contributed by atoms with E-state index in [0.29, 0.717) is 22.6 Å². The first-order chi connectivity index (χ1) is 13.5. The summed E-state index contributed by atoms with van der Waals surface area (Å²) in [5, 5.41) is 15.6. The van der Waals surface area contributed by atoms with Gasteiger partial charge in [-0.3, -0.25) is 9.59 Å². The Morgan fingerprint density at radius 1 is 0.857 bits per heavy atom. The zero-order valence-electron chi connectivity index (χ0n) is 15.5. The Balaban J connectivity index is 1.74. The highest BCUT2D eigenvalue weighted by atomic mass is 16.5. The summed E-state index contributed by atoms with van der Waals surface area (Å²) in [5.41, 5.74) is 2.38. The van der Waals surface area contributed by atoms with Crippen molar-refractivity contribution >= 4 is 23.2 Å². The lowest BCUT2D eigenvalue weighted by molar-refractivity contribution is 0.101. The Hall–Kier alpha value is -3.80. The van der Waals surface area contributed by atoms with Crippen molar-refractivity contribution < 1.29 is 19.4 Å². The molecule has 0 saturated carbocycles. The fourth-order valence-corrected chi connectivity index (χ4v) is 2.76. The maximum atomic E-state index is 12.4. The van der Waals surface area contributed by atoms with Crippen LogP contribution < -0.4 is 15.4 Å². The number of phenols is 1. The van der Waals surface area contributed by atoms with E-state index in [2.05, 4.69) is 10.6 Å². The van der Waals surface area contributed by atoms with Crippen LogP contribution in [0, 0.1) is 6.92 Å². The van der Waals surface area contributed by atoms with Gasteiger partial charge in [0.15, 0.2) is 0 Å². The van der Waals surface area contributed by atoms with E-state index in [1.165, 1.54) is 19.2 Å². The van der Waals surface area contributed by atoms with Crippen LogP contribution in [-0.2, 0) is 0 Å². The summed E-state index contributed by atoms with van der Waals surface area (Å²) in [6.07, 6.45) is 0. The number of ether oxygens (including phenoxy) is 1. The highest BCUT2D eigenvalue weighted by Crippen LogP contribution is 2.28. The second-order valence-corrected chi connectivity index (χ2v) is 6.16. The number of benzene rings is 3. The third kappa shape index (κ3) is 4.12. The number of phenolic OH excluding ortho intramolecular Hbond substituents is 1. The Morgan fingerprint density at radius 3 is 2.18 bits per heavy atom. The number of amides is 2. The predicted molar refractivity (Wildman–Crippen MR) is 108 cm³/mol. The number of methoxy groups -OCH3 is 1. The van der Waals surface area contributed by atoms with E-state index in [4.69, 9.17) is 4.74 Å². The summed E-state index contributed by atoms with van der Waals surface area (Å²) in [6.45, 7) is 1.84. The average molecular weight is 376 g/mol. The molecule has 6 heteroatoms. The number of para-hydroxylation sites is 1. The molecule has 0 saturated heterocycles. The molecule has 3 aromatic rings. The number of anilines is 2. The van der Waals surface area contributed by atoms with Crippen molar-refractivity contribution in [3.8, 4) is 11.5 Å². The molecule has 142 valence electrons. The summed E-state index contributed by atoms with van der Waals surface area (Å²) in [4.78, 5) is 24.8. The molecule has 3 N–H and O–H groups in total. The average Bonchev–Trinajstić information content (AvgIpc) is 2.70. The van der Waals surface area contributed by atoms with E-state index in [1.54, 1.807) is 42.5 Å². The highest BCUT2D eigenvalue weighted by Gasteiger charge is 2.14. The molecule has 0 atom stereocenters. The maximum absolute atomic E-state index is 12.4. The molecule has 0 aromatic heterocycles. The van der Waals surface area contributed by atoms with Gasteiger partial charge in [0.05, 0.1) is 18.4 Å². The number of nitrogens with one attached hydrogen (secondary N) is 2. The fraction of sp³-hybridized carbons (Fsp3) is 0.0909. The molecule has 6 nitrogen and oxygen atoms in total. The molecular formula is C22H20N2O4. The van der Waals surface area contributed by atoms with E-state index in [1.807, 2.05) is 19.1 Å². The Morgan fingerprint density at radius 2 is 1.50 bits per heavy atom. The third-order valence-corrected chi connectivity index (χ3v) is 4.25. The monoisotopic (exact) mass is 376 g/mol. The normalized spacial score (nSPS) is 10.2. The zero-order chi connectivity index (χ0) is 20.1. The van der Waals surface area contributed by atoms with Gasteiger partial charge in [0, 0.05) is 17.3 Å². The maximum Gasteiger partial charge on any atom is 0.259 e. The third-order valence-electron chi connectivity index (χ3n) is 4.25. The second-order valence-electron chi connectivity index (χ2n) is 6.16. The van der Waals surface area contributed by atoms with Crippen LogP contribution in [0.2, 0.25) is 0 Å². The molecule has 28 heavy (non-hydrogen) atoms. The van der Waals surface area contributed by atoms with Crippen LogP contribution in [0.5, 0.6) is 11.5 Å². The van der Waals surface area contributed by atoms with Crippen LogP contribution in [-0.4, -0.2) is 24.0 Å². The molecule has 0 aliphatic rings. The first kappa shape index (κ1) is 19.0. The summed E-state index contributed by atoms with van der Waals surface area (Å²) >= 11 is 0. The van der Waals surface area contributed by atoms with E-state index >= 15 is 0 Å². The molecular weight excluding hydrogens is 356 g/mol. The van der Waals surface area contributed by atoms with Crippen LogP contribution in [0.1, 0.15) is 26.3 Å². The van der Waals surface area contributed by atoms with Gasteiger partial charge in [-0.2, -0.15) is 0 Å². The quantitative estimate of drug-likeness (QED) is 0.582. The summed E-state index contributed by atoms with van der Waals surface area (Å²) in [6, 6.07) is 18.5. The first-order valence-corrected chi connectivity index (χ1v) is 8.64. The van der Waals surface area contributed by atoms with Crippen molar-refractivity contribution in [3.63, 3.8) is 0 Å². The number of carbonyl (C=O) groups excluding carboxylic acids is 2. The summed E-state index contributed by atoms with van der Waals surface area (Å²) in [5.74, 6) is -0.390. The molecule has 0 spiro atoms. The van der Waals surface area contributed by atoms with E-state index in [9.17, 15) is 14.7 Å². The number of hydrogen-bond acceptors (Lipinski definition) is 4. The molecule has 0 heterocycles. The summed E-state index contributed by atoms with van der Waals surface area (Å²) < 4.78 is 5.18. The minimum Gasteiger partial charge on any atom is -0.506 e. The molecule has 3 aromatic carbocycles. The van der Waals surface area contributed by atoms with E-state index in [0.717, 1.165) is 5.56 Å². The number of aromatic hydroxyl groups is 1.